The molecule has 0 aromatic heterocycles. The third-order valence-electron chi connectivity index (χ3n) is 3.28. The van der Waals surface area contributed by atoms with Crippen LogP contribution in [0.5, 0.6) is 5.75 Å². The molecule has 1 aliphatic rings. The van der Waals surface area contributed by atoms with Gasteiger partial charge in [-0.3, -0.25) is 9.69 Å². The maximum atomic E-state index is 11.4. The Kier molecular flexibility index (Phi) is 4.79. The Hall–Kier alpha value is -1.11. The second kappa shape index (κ2) is 6.36. The zero-order chi connectivity index (χ0) is 13.8. The van der Waals surface area contributed by atoms with E-state index < -0.39 is 0 Å². The molecule has 1 aromatic rings. The smallest absolute Gasteiger partial charge is 0.236 e. The molecule has 6 heteroatoms. The Morgan fingerprint density at radius 3 is 3.05 bits per heavy atom. The highest BCUT2D eigenvalue weighted by atomic mass is 79.9. The van der Waals surface area contributed by atoms with Crippen molar-refractivity contribution in [3.05, 3.63) is 28.2 Å². The van der Waals surface area contributed by atoms with E-state index in [4.69, 9.17) is 10.5 Å². The van der Waals surface area contributed by atoms with Crippen molar-refractivity contribution >= 4 is 21.8 Å². The number of ether oxygens (including phenoxy) is 1. The molecule has 1 atom stereocenters. The van der Waals surface area contributed by atoms with Crippen LogP contribution in [0.3, 0.4) is 0 Å². The van der Waals surface area contributed by atoms with Crippen molar-refractivity contribution in [3.63, 3.8) is 0 Å². The summed E-state index contributed by atoms with van der Waals surface area (Å²) in [5, 5.41) is 3.19. The number of nitrogens with two attached hydrogens (primary N) is 1. The van der Waals surface area contributed by atoms with Crippen LogP contribution in [-0.2, 0) is 11.3 Å². The summed E-state index contributed by atoms with van der Waals surface area (Å²) in [7, 11) is 1.64. The summed E-state index contributed by atoms with van der Waals surface area (Å²) in [4.78, 5) is 13.5. The number of halogens is 1. The van der Waals surface area contributed by atoms with E-state index in [0.717, 1.165) is 28.9 Å². The van der Waals surface area contributed by atoms with E-state index >= 15 is 0 Å². The molecule has 0 aliphatic carbocycles. The number of amides is 1. The molecule has 0 bridgehead atoms. The molecule has 0 spiro atoms. The molecular weight excluding hydrogens is 310 g/mol. The lowest BCUT2D eigenvalue weighted by atomic mass is 10.1. The highest BCUT2D eigenvalue weighted by Crippen LogP contribution is 2.26. The van der Waals surface area contributed by atoms with Crippen LogP contribution < -0.4 is 15.8 Å². The maximum Gasteiger partial charge on any atom is 0.236 e. The van der Waals surface area contributed by atoms with Crippen LogP contribution in [0.1, 0.15) is 5.56 Å². The first-order chi connectivity index (χ1) is 9.11. The summed E-state index contributed by atoms with van der Waals surface area (Å²) in [5.41, 5.74) is 6.56. The summed E-state index contributed by atoms with van der Waals surface area (Å²) in [6.07, 6.45) is 0. The molecule has 5 nitrogen and oxygen atoms in total. The van der Waals surface area contributed by atoms with Gasteiger partial charge in [0.25, 0.3) is 0 Å². The fourth-order valence-electron chi connectivity index (χ4n) is 2.26. The average Bonchev–Trinajstić information content (AvgIpc) is 2.39. The Morgan fingerprint density at radius 1 is 1.63 bits per heavy atom. The largest absolute Gasteiger partial charge is 0.496 e. The molecule has 19 heavy (non-hydrogen) atoms. The van der Waals surface area contributed by atoms with Crippen LogP contribution in [0, 0.1) is 0 Å². The van der Waals surface area contributed by atoms with Crippen molar-refractivity contribution in [2.24, 2.45) is 5.73 Å². The van der Waals surface area contributed by atoms with Crippen LogP contribution in [-0.4, -0.2) is 43.6 Å². The number of nitrogens with one attached hydrogen (secondary N) is 1. The molecule has 104 valence electrons. The quantitative estimate of drug-likeness (QED) is 0.855. The molecule has 2 rings (SSSR count). The minimum Gasteiger partial charge on any atom is -0.496 e. The van der Waals surface area contributed by atoms with Gasteiger partial charge < -0.3 is 15.8 Å². The first kappa shape index (κ1) is 14.3. The van der Waals surface area contributed by atoms with E-state index in [1.165, 1.54) is 0 Å². The van der Waals surface area contributed by atoms with Crippen molar-refractivity contribution in [1.82, 2.24) is 10.2 Å². The van der Waals surface area contributed by atoms with Gasteiger partial charge in [-0.2, -0.15) is 0 Å². The Labute approximate surface area is 121 Å². The van der Waals surface area contributed by atoms with Gasteiger partial charge in [-0.25, -0.2) is 0 Å². The van der Waals surface area contributed by atoms with Crippen molar-refractivity contribution in [2.75, 3.05) is 26.7 Å². The summed E-state index contributed by atoms with van der Waals surface area (Å²) >= 11 is 3.47. The number of carbonyl (C=O) groups excluding carboxylic acids is 1. The number of hydrogen-bond donors (Lipinski definition) is 2. The van der Waals surface area contributed by atoms with E-state index in [0.29, 0.717) is 13.1 Å². The van der Waals surface area contributed by atoms with E-state index in [1.54, 1.807) is 7.11 Å². The monoisotopic (exact) mass is 327 g/mol. The number of methoxy groups -OCH3 is 1. The number of piperazine rings is 1. The Morgan fingerprint density at radius 2 is 2.42 bits per heavy atom. The van der Waals surface area contributed by atoms with Gasteiger partial charge in [0.05, 0.1) is 11.6 Å². The highest BCUT2D eigenvalue weighted by Gasteiger charge is 2.26. The summed E-state index contributed by atoms with van der Waals surface area (Å²) < 4.78 is 6.12. The van der Waals surface area contributed by atoms with Gasteiger partial charge in [-0.1, -0.05) is 6.07 Å². The molecule has 3 N–H and O–H groups in total. The summed E-state index contributed by atoms with van der Waals surface area (Å²) in [6, 6.07) is 5.69. The predicted molar refractivity (Wildman–Crippen MR) is 77.0 cm³/mol. The van der Waals surface area contributed by atoms with E-state index in [9.17, 15) is 4.79 Å². The lowest BCUT2D eigenvalue weighted by Gasteiger charge is -2.34. The highest BCUT2D eigenvalue weighted by molar-refractivity contribution is 9.10. The van der Waals surface area contributed by atoms with Crippen LogP contribution in [0.25, 0.3) is 0 Å². The number of nitrogens with zero attached hydrogens (tertiary/aromatic N) is 1. The van der Waals surface area contributed by atoms with Gasteiger partial charge in [0.2, 0.25) is 5.91 Å². The number of rotatable bonds is 4. The first-order valence-corrected chi connectivity index (χ1v) is 6.97. The number of carbonyl (C=O) groups is 1. The fourth-order valence-corrected chi connectivity index (χ4v) is 2.85. The van der Waals surface area contributed by atoms with E-state index in [2.05, 4.69) is 26.1 Å². The molecule has 1 saturated heterocycles. The van der Waals surface area contributed by atoms with E-state index in [1.807, 2.05) is 18.2 Å². The molecule has 1 heterocycles. The zero-order valence-electron chi connectivity index (χ0n) is 10.9. The van der Waals surface area contributed by atoms with Crippen molar-refractivity contribution in [3.8, 4) is 5.75 Å². The molecule has 1 aliphatic heterocycles. The van der Waals surface area contributed by atoms with Crippen molar-refractivity contribution in [2.45, 2.75) is 12.6 Å². The molecule has 0 radical (unpaired) electrons. The van der Waals surface area contributed by atoms with Crippen molar-refractivity contribution in [1.29, 1.82) is 0 Å². The Balaban J connectivity index is 2.10. The second-order valence-corrected chi connectivity index (χ2v) is 5.42. The van der Waals surface area contributed by atoms with Crippen LogP contribution in [0.2, 0.25) is 0 Å². The van der Waals surface area contributed by atoms with Crippen molar-refractivity contribution < 1.29 is 9.53 Å². The van der Waals surface area contributed by atoms with Crippen LogP contribution in [0.4, 0.5) is 0 Å². The molecule has 1 aromatic carbocycles. The lowest BCUT2D eigenvalue weighted by Crippen LogP contribution is -2.56. The van der Waals surface area contributed by atoms with Gasteiger partial charge in [0.1, 0.15) is 11.8 Å². The van der Waals surface area contributed by atoms with Gasteiger partial charge >= 0.3 is 0 Å². The lowest BCUT2D eigenvalue weighted by molar-refractivity contribution is -0.124. The molecule has 1 unspecified atom stereocenters. The van der Waals surface area contributed by atoms with Gasteiger partial charge in [-0.15, -0.1) is 0 Å². The van der Waals surface area contributed by atoms with E-state index in [-0.39, 0.29) is 11.9 Å². The van der Waals surface area contributed by atoms with Crippen LogP contribution in [0.15, 0.2) is 22.7 Å². The predicted octanol–water partition coefficient (Wildman–Crippen LogP) is 0.717. The molecular formula is C13H18BrN3O2. The minimum atomic E-state index is -0.278. The topological polar surface area (TPSA) is 67.6 Å². The SMILES string of the molecule is COc1ccc(CN2CCNCC2C(N)=O)cc1Br. The van der Waals surface area contributed by atoms with Gasteiger partial charge in [-0.05, 0) is 33.6 Å². The van der Waals surface area contributed by atoms with Gasteiger partial charge in [0.15, 0.2) is 0 Å². The fraction of sp³-hybridized carbons (Fsp3) is 0.462. The minimum absolute atomic E-state index is 0.241. The maximum absolute atomic E-state index is 11.4. The van der Waals surface area contributed by atoms with Crippen LogP contribution >= 0.6 is 15.9 Å². The zero-order valence-corrected chi connectivity index (χ0v) is 12.4. The average molecular weight is 328 g/mol. The first-order valence-electron chi connectivity index (χ1n) is 6.18. The number of hydrogen-bond acceptors (Lipinski definition) is 4. The number of benzene rings is 1. The summed E-state index contributed by atoms with van der Waals surface area (Å²) in [6.45, 7) is 3.02. The third-order valence-corrected chi connectivity index (χ3v) is 3.90. The van der Waals surface area contributed by atoms with Gasteiger partial charge in [0, 0.05) is 26.2 Å². The molecule has 1 fully saturated rings. The third kappa shape index (κ3) is 3.46. The molecule has 1 amide bonds. The normalized spacial score (nSPS) is 20.2. The summed E-state index contributed by atoms with van der Waals surface area (Å²) in [5.74, 6) is 0.523. The Bertz CT molecular complexity index is 467. The molecule has 0 saturated carbocycles. The number of primary amides is 1. The second-order valence-electron chi connectivity index (χ2n) is 4.56. The standard InChI is InChI=1S/C13H18BrN3O2/c1-19-12-3-2-9(6-10(12)14)8-17-5-4-16-7-11(17)13(15)18/h2-3,6,11,16H,4-5,7-8H2,1H3,(H2,15,18).